The van der Waals surface area contributed by atoms with Gasteiger partial charge in [-0.2, -0.15) is 0 Å². The van der Waals surface area contributed by atoms with E-state index >= 15 is 0 Å². The lowest BCUT2D eigenvalue weighted by Gasteiger charge is -2.36. The summed E-state index contributed by atoms with van der Waals surface area (Å²) in [5, 5.41) is 11.5. The maximum atomic E-state index is 6.04. The van der Waals surface area contributed by atoms with Gasteiger partial charge in [0.05, 0.1) is 10.9 Å². The average Bonchev–Trinajstić information content (AvgIpc) is 3.30. The number of halogens is 2. The van der Waals surface area contributed by atoms with E-state index in [4.69, 9.17) is 16.6 Å². The highest BCUT2D eigenvalue weighted by Crippen LogP contribution is 2.23. The molecule has 0 aliphatic carbocycles. The highest BCUT2D eigenvalue weighted by atomic mass is 127. The molecule has 0 saturated carbocycles. The molecule has 0 amide bonds. The highest BCUT2D eigenvalue weighted by Gasteiger charge is 2.20. The summed E-state index contributed by atoms with van der Waals surface area (Å²) in [4.78, 5) is 11.0. The fourth-order valence-corrected chi connectivity index (χ4v) is 4.33. The van der Waals surface area contributed by atoms with Crippen molar-refractivity contribution in [3.8, 4) is 0 Å². The molecule has 1 aliphatic heterocycles. The summed E-state index contributed by atoms with van der Waals surface area (Å²) < 4.78 is 2.95. The number of guanidine groups is 1. The average molecular weight is 538 g/mol. The number of nitrogens with zero attached hydrogens (tertiary/aromatic N) is 6. The molecule has 0 spiro atoms. The predicted octanol–water partition coefficient (Wildman–Crippen LogP) is 2.96. The normalized spacial score (nSPS) is 15.5. The van der Waals surface area contributed by atoms with Gasteiger partial charge in [0, 0.05) is 57.1 Å². The quantitative estimate of drug-likeness (QED) is 0.334. The van der Waals surface area contributed by atoms with E-state index in [2.05, 4.69) is 49.8 Å². The summed E-state index contributed by atoms with van der Waals surface area (Å²) in [6.07, 6.45) is 2.68. The first-order chi connectivity index (χ1) is 13.2. The van der Waals surface area contributed by atoms with Crippen molar-refractivity contribution in [2.45, 2.75) is 33.4 Å². The van der Waals surface area contributed by atoms with Crippen molar-refractivity contribution in [3.63, 3.8) is 0 Å². The van der Waals surface area contributed by atoms with Crippen molar-refractivity contribution < 1.29 is 0 Å². The van der Waals surface area contributed by atoms with Crippen LogP contribution in [-0.2, 0) is 19.5 Å². The Morgan fingerprint density at radius 2 is 2.04 bits per heavy atom. The van der Waals surface area contributed by atoms with Crippen LogP contribution in [-0.4, -0.2) is 69.8 Å². The zero-order valence-electron chi connectivity index (χ0n) is 16.5. The fraction of sp³-hybridized carbons (Fsp3) is 0.611. The molecule has 7 nitrogen and oxygen atoms in total. The molecule has 28 heavy (non-hydrogen) atoms. The predicted molar refractivity (Wildman–Crippen MR) is 127 cm³/mol. The minimum absolute atomic E-state index is 0. The Labute approximate surface area is 193 Å². The molecular weight excluding hydrogens is 509 g/mol. The Balaban J connectivity index is 0.00000280. The molecule has 0 atom stereocenters. The molecule has 2 aromatic rings. The maximum absolute atomic E-state index is 6.04. The lowest BCUT2D eigenvalue weighted by molar-refractivity contribution is 0.173. The molecule has 0 unspecified atom stereocenters. The van der Waals surface area contributed by atoms with Gasteiger partial charge < -0.3 is 14.8 Å². The van der Waals surface area contributed by atoms with Crippen LogP contribution < -0.4 is 5.32 Å². The first-order valence-corrected chi connectivity index (χ1v) is 10.8. The summed E-state index contributed by atoms with van der Waals surface area (Å²) >= 11 is 7.71. The van der Waals surface area contributed by atoms with Crippen molar-refractivity contribution >= 4 is 52.9 Å². The Kier molecular flexibility index (Phi) is 9.96. The van der Waals surface area contributed by atoms with Crippen LogP contribution in [0.25, 0.3) is 0 Å². The third-order valence-corrected chi connectivity index (χ3v) is 5.85. The molecule has 1 aliphatic rings. The minimum Gasteiger partial charge on any atom is -0.357 e. The van der Waals surface area contributed by atoms with Gasteiger partial charge in [0.1, 0.15) is 12.2 Å². The summed E-state index contributed by atoms with van der Waals surface area (Å²) in [5.41, 5.74) is 0. The number of aromatic nitrogens is 3. The van der Waals surface area contributed by atoms with Crippen LogP contribution in [0.5, 0.6) is 0 Å². The summed E-state index contributed by atoms with van der Waals surface area (Å²) in [5.74, 6) is 2.01. The van der Waals surface area contributed by atoms with E-state index in [0.29, 0.717) is 0 Å². The molecule has 1 saturated heterocycles. The van der Waals surface area contributed by atoms with Gasteiger partial charge in [0.25, 0.3) is 0 Å². The molecule has 2 aromatic heterocycles. The molecule has 1 N–H and O–H groups in total. The third-order valence-electron chi connectivity index (χ3n) is 4.63. The molecule has 10 heteroatoms. The topological polar surface area (TPSA) is 61.6 Å². The van der Waals surface area contributed by atoms with Gasteiger partial charge in [-0.25, -0.2) is 0 Å². The standard InChI is InChI=1S/C18H28ClN7S.HI/c1-3-17-23-22-14-26(17)8-7-21-18(20-4-2)25-11-9-24(10-12-25)13-15-5-6-16(19)27-15;/h5-6,14H,3-4,7-13H2,1-2H3,(H,20,21);1H. The smallest absolute Gasteiger partial charge is 0.194 e. The number of thiophene rings is 1. The zero-order chi connectivity index (χ0) is 19.1. The van der Waals surface area contributed by atoms with E-state index in [9.17, 15) is 0 Å². The van der Waals surface area contributed by atoms with Gasteiger partial charge in [0.15, 0.2) is 5.96 Å². The second kappa shape index (κ2) is 11.9. The molecular formula is C18H29ClIN7S. The number of piperazine rings is 1. The van der Waals surface area contributed by atoms with Crippen molar-refractivity contribution in [2.24, 2.45) is 4.99 Å². The van der Waals surface area contributed by atoms with E-state index in [0.717, 1.165) is 74.9 Å². The van der Waals surface area contributed by atoms with Crippen molar-refractivity contribution in [1.82, 2.24) is 29.9 Å². The number of hydrogen-bond donors (Lipinski definition) is 1. The van der Waals surface area contributed by atoms with Crippen LogP contribution in [0.15, 0.2) is 23.5 Å². The molecule has 156 valence electrons. The van der Waals surface area contributed by atoms with Gasteiger partial charge in [-0.3, -0.25) is 9.89 Å². The van der Waals surface area contributed by atoms with Gasteiger partial charge in [-0.05, 0) is 19.1 Å². The molecule has 1 fully saturated rings. The second-order valence-corrected chi connectivity index (χ2v) is 8.30. The van der Waals surface area contributed by atoms with Crippen LogP contribution in [0.1, 0.15) is 24.5 Å². The van der Waals surface area contributed by atoms with Crippen molar-refractivity contribution in [1.29, 1.82) is 0 Å². The molecule has 0 bridgehead atoms. The fourth-order valence-electron chi connectivity index (χ4n) is 3.20. The largest absolute Gasteiger partial charge is 0.357 e. The monoisotopic (exact) mass is 537 g/mol. The molecule has 3 rings (SSSR count). The van der Waals surface area contributed by atoms with Gasteiger partial charge in [-0.1, -0.05) is 18.5 Å². The van der Waals surface area contributed by atoms with E-state index < -0.39 is 0 Å². The number of nitrogens with one attached hydrogen (secondary N) is 1. The van der Waals surface area contributed by atoms with Crippen LogP contribution >= 0.6 is 46.9 Å². The van der Waals surface area contributed by atoms with Gasteiger partial charge in [-0.15, -0.1) is 45.5 Å². The summed E-state index contributed by atoms with van der Waals surface area (Å²) in [6, 6.07) is 4.11. The Morgan fingerprint density at radius 1 is 1.25 bits per heavy atom. The number of aryl methyl sites for hydroxylation is 1. The number of hydrogen-bond acceptors (Lipinski definition) is 5. The Morgan fingerprint density at radius 3 is 2.68 bits per heavy atom. The lowest BCUT2D eigenvalue weighted by atomic mass is 10.3. The van der Waals surface area contributed by atoms with E-state index in [1.165, 1.54) is 4.88 Å². The van der Waals surface area contributed by atoms with Gasteiger partial charge >= 0.3 is 0 Å². The van der Waals surface area contributed by atoms with E-state index in [-0.39, 0.29) is 24.0 Å². The summed E-state index contributed by atoms with van der Waals surface area (Å²) in [6.45, 7) is 11.6. The van der Waals surface area contributed by atoms with Crippen molar-refractivity contribution in [2.75, 3.05) is 39.3 Å². The third kappa shape index (κ3) is 6.57. The first-order valence-electron chi connectivity index (χ1n) is 9.56. The lowest BCUT2D eigenvalue weighted by Crippen LogP contribution is -2.52. The summed E-state index contributed by atoms with van der Waals surface area (Å²) in [7, 11) is 0. The van der Waals surface area contributed by atoms with Gasteiger partial charge in [0.2, 0.25) is 0 Å². The second-order valence-electron chi connectivity index (χ2n) is 6.50. The molecule has 0 radical (unpaired) electrons. The minimum atomic E-state index is 0. The SMILES string of the molecule is CCNC(=NCCn1cnnc1CC)N1CCN(Cc2ccc(Cl)s2)CC1.I. The maximum Gasteiger partial charge on any atom is 0.194 e. The first kappa shape index (κ1) is 23.4. The Hall–Kier alpha value is -0.910. The molecule has 3 heterocycles. The Bertz CT molecular complexity index is 740. The molecule has 0 aromatic carbocycles. The van der Waals surface area contributed by atoms with Crippen molar-refractivity contribution in [3.05, 3.63) is 33.5 Å². The van der Waals surface area contributed by atoms with Crippen LogP contribution in [0.3, 0.4) is 0 Å². The number of rotatable bonds is 7. The van der Waals surface area contributed by atoms with E-state index in [1.807, 2.05) is 6.07 Å². The van der Waals surface area contributed by atoms with E-state index in [1.54, 1.807) is 17.7 Å². The number of aliphatic imine (C=N–C) groups is 1. The van der Waals surface area contributed by atoms with Crippen LogP contribution in [0.4, 0.5) is 0 Å². The zero-order valence-corrected chi connectivity index (χ0v) is 20.4. The van der Waals surface area contributed by atoms with Crippen LogP contribution in [0, 0.1) is 0 Å². The van der Waals surface area contributed by atoms with Crippen LogP contribution in [0.2, 0.25) is 4.34 Å². The highest BCUT2D eigenvalue weighted by molar-refractivity contribution is 14.0.